The van der Waals surface area contributed by atoms with Crippen molar-refractivity contribution in [2.24, 2.45) is 0 Å². The van der Waals surface area contributed by atoms with Crippen molar-refractivity contribution in [2.45, 2.75) is 13.0 Å². The van der Waals surface area contributed by atoms with Gasteiger partial charge < -0.3 is 4.57 Å². The summed E-state index contributed by atoms with van der Waals surface area (Å²) in [6.07, 6.45) is 1.73. The third kappa shape index (κ3) is 2.08. The molecule has 3 nitrogen and oxygen atoms in total. The predicted molar refractivity (Wildman–Crippen MR) is 64.0 cm³/mol. The molecule has 0 radical (unpaired) electrons. The Labute approximate surface area is 96.0 Å². The van der Waals surface area contributed by atoms with E-state index in [9.17, 15) is 4.79 Å². The fraction of sp³-hybridized carbons (Fsp3) is 0.200. The first kappa shape index (κ1) is 10.3. The first-order valence-corrected chi connectivity index (χ1v) is 5.82. The molecule has 1 unspecified atom stereocenters. The fourth-order valence-corrected chi connectivity index (χ4v) is 2.50. The second kappa shape index (κ2) is 4.12. The van der Waals surface area contributed by atoms with Crippen LogP contribution >= 0.6 is 23.6 Å². The number of rotatable bonds is 2. The van der Waals surface area contributed by atoms with E-state index in [1.807, 2.05) is 16.0 Å². The van der Waals surface area contributed by atoms with E-state index in [-0.39, 0.29) is 11.6 Å². The van der Waals surface area contributed by atoms with Crippen molar-refractivity contribution in [3.63, 3.8) is 0 Å². The summed E-state index contributed by atoms with van der Waals surface area (Å²) < 4.78 is 2.34. The summed E-state index contributed by atoms with van der Waals surface area (Å²) >= 11 is 6.78. The van der Waals surface area contributed by atoms with Crippen LogP contribution in [0.2, 0.25) is 0 Å². The van der Waals surface area contributed by atoms with E-state index in [4.69, 9.17) is 12.2 Å². The van der Waals surface area contributed by atoms with Crippen LogP contribution in [0.25, 0.3) is 0 Å². The monoisotopic (exact) mass is 238 g/mol. The molecule has 15 heavy (non-hydrogen) atoms. The molecule has 0 amide bonds. The lowest BCUT2D eigenvalue weighted by Crippen LogP contribution is -2.14. The Kier molecular flexibility index (Phi) is 2.83. The Bertz CT molecular complexity index is 553. The highest BCUT2D eigenvalue weighted by atomic mass is 32.1. The van der Waals surface area contributed by atoms with Gasteiger partial charge in [-0.25, -0.2) is 0 Å². The standard InChI is InChI=1S/C10H10N2OS2/c1-7(8-3-2-6-15-8)12-5-4-9(13)11-10(12)14/h2-7H,1H3,(H,11,13,14). The number of aromatic amines is 1. The van der Waals surface area contributed by atoms with Crippen molar-refractivity contribution in [2.75, 3.05) is 0 Å². The first-order valence-electron chi connectivity index (χ1n) is 4.53. The maximum Gasteiger partial charge on any atom is 0.251 e. The van der Waals surface area contributed by atoms with Gasteiger partial charge in [0.25, 0.3) is 5.56 Å². The molecule has 0 bridgehead atoms. The lowest BCUT2D eigenvalue weighted by Gasteiger charge is -2.13. The SMILES string of the molecule is CC(c1cccs1)n1ccc(=O)[nH]c1=S. The summed E-state index contributed by atoms with van der Waals surface area (Å²) in [6, 6.07) is 5.71. The highest BCUT2D eigenvalue weighted by Gasteiger charge is 2.08. The van der Waals surface area contributed by atoms with Crippen LogP contribution in [0.3, 0.4) is 0 Å². The lowest BCUT2D eigenvalue weighted by atomic mass is 10.3. The van der Waals surface area contributed by atoms with Gasteiger partial charge in [-0.2, -0.15) is 0 Å². The molecule has 0 aliphatic heterocycles. The largest absolute Gasteiger partial charge is 0.317 e. The lowest BCUT2D eigenvalue weighted by molar-refractivity contribution is 0.619. The Hall–Kier alpha value is -1.20. The summed E-state index contributed by atoms with van der Waals surface area (Å²) in [5.41, 5.74) is -0.158. The van der Waals surface area contributed by atoms with Gasteiger partial charge in [0.2, 0.25) is 0 Å². The third-order valence-corrected chi connectivity index (χ3v) is 3.58. The Morgan fingerprint density at radius 1 is 1.53 bits per heavy atom. The van der Waals surface area contributed by atoms with Gasteiger partial charge in [0.15, 0.2) is 4.77 Å². The summed E-state index contributed by atoms with van der Waals surface area (Å²) in [4.78, 5) is 14.8. The van der Waals surface area contributed by atoms with Gasteiger partial charge in [-0.1, -0.05) is 6.07 Å². The highest BCUT2D eigenvalue weighted by Crippen LogP contribution is 2.21. The van der Waals surface area contributed by atoms with Gasteiger partial charge >= 0.3 is 0 Å². The van der Waals surface area contributed by atoms with E-state index in [1.165, 1.54) is 10.9 Å². The molecule has 1 N–H and O–H groups in total. The molecule has 2 rings (SSSR count). The average Bonchev–Trinajstić information content (AvgIpc) is 2.69. The molecule has 78 valence electrons. The molecule has 0 aliphatic carbocycles. The van der Waals surface area contributed by atoms with Gasteiger partial charge in [0.1, 0.15) is 0 Å². The van der Waals surface area contributed by atoms with Crippen molar-refractivity contribution < 1.29 is 0 Å². The summed E-state index contributed by atoms with van der Waals surface area (Å²) in [5.74, 6) is 0. The van der Waals surface area contributed by atoms with Crippen LogP contribution in [-0.4, -0.2) is 9.55 Å². The molecule has 0 aromatic carbocycles. The van der Waals surface area contributed by atoms with E-state index in [0.29, 0.717) is 4.77 Å². The molecular formula is C10H10N2OS2. The van der Waals surface area contributed by atoms with Crippen molar-refractivity contribution in [3.8, 4) is 0 Å². The number of H-pyrrole nitrogens is 1. The van der Waals surface area contributed by atoms with Gasteiger partial charge in [-0.3, -0.25) is 9.78 Å². The van der Waals surface area contributed by atoms with Crippen LogP contribution < -0.4 is 5.56 Å². The van der Waals surface area contributed by atoms with Gasteiger partial charge in [-0.15, -0.1) is 11.3 Å². The zero-order valence-electron chi connectivity index (χ0n) is 8.14. The molecule has 5 heteroatoms. The number of aromatic nitrogens is 2. The molecule has 2 aromatic heterocycles. The Balaban J connectivity index is 2.47. The minimum Gasteiger partial charge on any atom is -0.317 e. The third-order valence-electron chi connectivity index (χ3n) is 2.22. The summed E-state index contributed by atoms with van der Waals surface area (Å²) in [6.45, 7) is 2.06. The molecule has 0 fully saturated rings. The average molecular weight is 238 g/mol. The smallest absolute Gasteiger partial charge is 0.251 e. The second-order valence-electron chi connectivity index (χ2n) is 3.21. The van der Waals surface area contributed by atoms with Gasteiger partial charge in [-0.05, 0) is 30.6 Å². The van der Waals surface area contributed by atoms with E-state index in [0.717, 1.165) is 0 Å². The number of hydrogen-bond acceptors (Lipinski definition) is 3. The molecule has 1 atom stereocenters. The summed E-state index contributed by atoms with van der Waals surface area (Å²) in [7, 11) is 0. The minimum atomic E-state index is -0.158. The Morgan fingerprint density at radius 3 is 2.93 bits per heavy atom. The molecule has 0 saturated carbocycles. The molecule has 0 aliphatic rings. The zero-order chi connectivity index (χ0) is 10.8. The van der Waals surface area contributed by atoms with Crippen LogP contribution in [0.1, 0.15) is 17.8 Å². The zero-order valence-corrected chi connectivity index (χ0v) is 9.77. The normalized spacial score (nSPS) is 12.6. The fourth-order valence-electron chi connectivity index (χ4n) is 1.40. The van der Waals surface area contributed by atoms with Crippen molar-refractivity contribution in [1.29, 1.82) is 0 Å². The number of nitrogens with zero attached hydrogens (tertiary/aromatic N) is 1. The van der Waals surface area contributed by atoms with Crippen LogP contribution in [-0.2, 0) is 0 Å². The maximum absolute atomic E-state index is 11.0. The van der Waals surface area contributed by atoms with Crippen LogP contribution in [0.4, 0.5) is 0 Å². The summed E-state index contributed by atoms with van der Waals surface area (Å²) in [5, 5.41) is 2.03. The molecular weight excluding hydrogens is 228 g/mol. The molecule has 0 spiro atoms. The molecule has 2 heterocycles. The quantitative estimate of drug-likeness (QED) is 0.817. The van der Waals surface area contributed by atoms with Crippen LogP contribution in [0.5, 0.6) is 0 Å². The van der Waals surface area contributed by atoms with Crippen molar-refractivity contribution in [3.05, 3.63) is 49.8 Å². The first-order chi connectivity index (χ1) is 7.18. The molecule has 2 aromatic rings. The van der Waals surface area contributed by atoms with Gasteiger partial charge in [0.05, 0.1) is 6.04 Å². The number of hydrogen-bond donors (Lipinski definition) is 1. The van der Waals surface area contributed by atoms with E-state index in [1.54, 1.807) is 17.5 Å². The van der Waals surface area contributed by atoms with E-state index >= 15 is 0 Å². The van der Waals surface area contributed by atoms with E-state index in [2.05, 4.69) is 18.0 Å². The van der Waals surface area contributed by atoms with Crippen molar-refractivity contribution in [1.82, 2.24) is 9.55 Å². The topological polar surface area (TPSA) is 37.8 Å². The minimum absolute atomic E-state index is 0.158. The number of nitrogens with one attached hydrogen (secondary N) is 1. The molecule has 0 saturated heterocycles. The van der Waals surface area contributed by atoms with Gasteiger partial charge in [0, 0.05) is 17.1 Å². The van der Waals surface area contributed by atoms with Crippen molar-refractivity contribution >= 4 is 23.6 Å². The maximum atomic E-state index is 11.0. The second-order valence-corrected chi connectivity index (χ2v) is 4.57. The van der Waals surface area contributed by atoms with E-state index < -0.39 is 0 Å². The Morgan fingerprint density at radius 2 is 2.33 bits per heavy atom. The predicted octanol–water partition coefficient (Wildman–Crippen LogP) is 2.58. The highest BCUT2D eigenvalue weighted by molar-refractivity contribution is 7.71. The van der Waals surface area contributed by atoms with Crippen LogP contribution in [0, 0.1) is 4.77 Å². The van der Waals surface area contributed by atoms with Crippen LogP contribution in [0.15, 0.2) is 34.6 Å². The number of thiophene rings is 1.